The van der Waals surface area contributed by atoms with Gasteiger partial charge in [0.25, 0.3) is 0 Å². The number of nitrogens with one attached hydrogen (secondary N) is 1. The van der Waals surface area contributed by atoms with Crippen molar-refractivity contribution >= 4 is 23.4 Å². The van der Waals surface area contributed by atoms with Gasteiger partial charge in [0.2, 0.25) is 5.91 Å². The highest BCUT2D eigenvalue weighted by atomic mass is 16.5. The molecule has 0 radical (unpaired) electrons. The minimum absolute atomic E-state index is 0.00701. The van der Waals surface area contributed by atoms with E-state index in [4.69, 9.17) is 9.84 Å². The van der Waals surface area contributed by atoms with Gasteiger partial charge in [-0.2, -0.15) is 0 Å². The van der Waals surface area contributed by atoms with Gasteiger partial charge in [-0.25, -0.2) is 9.78 Å². The second-order valence-corrected chi connectivity index (χ2v) is 9.68. The third-order valence-electron chi connectivity index (χ3n) is 7.24. The van der Waals surface area contributed by atoms with Gasteiger partial charge in [0.15, 0.2) is 0 Å². The molecular formula is C29H31N3O4. The average molecular weight is 486 g/mol. The number of amides is 1. The first kappa shape index (κ1) is 23.9. The van der Waals surface area contributed by atoms with Crippen LogP contribution in [-0.2, 0) is 17.6 Å². The first-order valence-electron chi connectivity index (χ1n) is 12.6. The highest BCUT2D eigenvalue weighted by Gasteiger charge is 2.25. The Bertz CT molecular complexity index is 1220. The zero-order valence-electron chi connectivity index (χ0n) is 20.2. The summed E-state index contributed by atoms with van der Waals surface area (Å²) in [6.45, 7) is 2.33. The van der Waals surface area contributed by atoms with Crippen molar-refractivity contribution in [3.8, 4) is 5.75 Å². The number of aryl methyl sites for hydroxylation is 1. The maximum Gasteiger partial charge on any atom is 0.335 e. The fourth-order valence-electron chi connectivity index (χ4n) is 5.07. The normalized spacial score (nSPS) is 17.8. The lowest BCUT2D eigenvalue weighted by Crippen LogP contribution is -2.36. The van der Waals surface area contributed by atoms with Crippen molar-refractivity contribution in [2.45, 2.75) is 32.1 Å². The van der Waals surface area contributed by atoms with Crippen LogP contribution in [0, 0.1) is 11.8 Å². The monoisotopic (exact) mass is 485 g/mol. The van der Waals surface area contributed by atoms with E-state index in [0.29, 0.717) is 18.3 Å². The van der Waals surface area contributed by atoms with E-state index in [1.807, 2.05) is 18.2 Å². The minimum Gasteiger partial charge on any atom is -0.493 e. The molecular weight excluding hydrogens is 454 g/mol. The molecule has 7 heteroatoms. The van der Waals surface area contributed by atoms with Gasteiger partial charge in [0, 0.05) is 19.0 Å². The molecule has 186 valence electrons. The number of carbonyl (C=O) groups is 2. The second kappa shape index (κ2) is 10.8. The number of carboxylic acids is 1. The van der Waals surface area contributed by atoms with Crippen LogP contribution in [0.15, 0.2) is 66.9 Å². The molecule has 1 aliphatic heterocycles. The lowest BCUT2D eigenvalue weighted by molar-refractivity contribution is -0.120. The summed E-state index contributed by atoms with van der Waals surface area (Å²) in [6.07, 6.45) is 6.30. The zero-order valence-corrected chi connectivity index (χ0v) is 20.2. The van der Waals surface area contributed by atoms with E-state index in [2.05, 4.69) is 33.4 Å². The summed E-state index contributed by atoms with van der Waals surface area (Å²) in [5.74, 6) is 1.02. The molecule has 0 bridgehead atoms. The number of piperidine rings is 1. The highest BCUT2D eigenvalue weighted by molar-refractivity contribution is 5.92. The number of ether oxygens (including phenoxy) is 1. The molecule has 1 aliphatic carbocycles. The molecule has 2 heterocycles. The summed E-state index contributed by atoms with van der Waals surface area (Å²) < 4.78 is 5.86. The van der Waals surface area contributed by atoms with Crippen LogP contribution in [0.25, 0.3) is 0 Å². The summed E-state index contributed by atoms with van der Waals surface area (Å²) >= 11 is 0. The van der Waals surface area contributed by atoms with Crippen molar-refractivity contribution in [2.75, 3.05) is 29.9 Å². The number of benzene rings is 2. The average Bonchev–Trinajstić information content (AvgIpc) is 2.92. The summed E-state index contributed by atoms with van der Waals surface area (Å²) in [7, 11) is 0. The fraction of sp³-hybridized carbons (Fsp3) is 0.345. The van der Waals surface area contributed by atoms with Crippen molar-refractivity contribution in [3.05, 3.63) is 83.6 Å². The predicted octanol–water partition coefficient (Wildman–Crippen LogP) is 4.82. The smallest absolute Gasteiger partial charge is 0.335 e. The molecule has 1 amide bonds. The number of carboxylic acid groups (broad SMARTS) is 1. The van der Waals surface area contributed by atoms with E-state index < -0.39 is 5.97 Å². The van der Waals surface area contributed by atoms with Crippen molar-refractivity contribution in [1.29, 1.82) is 0 Å². The molecule has 2 N–H and O–H groups in total. The number of anilines is 2. The van der Waals surface area contributed by atoms with Crippen molar-refractivity contribution < 1.29 is 19.4 Å². The number of nitrogens with zero attached hydrogens (tertiary/aromatic N) is 2. The van der Waals surface area contributed by atoms with Crippen molar-refractivity contribution in [2.24, 2.45) is 11.8 Å². The Kier molecular flexibility index (Phi) is 7.16. The topological polar surface area (TPSA) is 91.8 Å². The molecule has 1 saturated heterocycles. The van der Waals surface area contributed by atoms with Crippen molar-refractivity contribution in [1.82, 2.24) is 4.98 Å². The zero-order chi connectivity index (χ0) is 24.9. The Morgan fingerprint density at radius 2 is 1.81 bits per heavy atom. The van der Waals surface area contributed by atoms with Gasteiger partial charge in [-0.15, -0.1) is 0 Å². The van der Waals surface area contributed by atoms with Crippen molar-refractivity contribution in [3.63, 3.8) is 0 Å². The van der Waals surface area contributed by atoms with Crippen LogP contribution in [0.2, 0.25) is 0 Å². The molecule has 7 nitrogen and oxygen atoms in total. The van der Waals surface area contributed by atoms with Crippen LogP contribution in [0.3, 0.4) is 0 Å². The number of hydrogen-bond donors (Lipinski definition) is 2. The fourth-order valence-corrected chi connectivity index (χ4v) is 5.07. The summed E-state index contributed by atoms with van der Waals surface area (Å²) in [5, 5.41) is 12.2. The van der Waals surface area contributed by atoms with Gasteiger partial charge >= 0.3 is 5.97 Å². The molecule has 36 heavy (non-hydrogen) atoms. The van der Waals surface area contributed by atoms with Crippen LogP contribution < -0.4 is 15.0 Å². The quantitative estimate of drug-likeness (QED) is 0.499. The maximum atomic E-state index is 12.8. The summed E-state index contributed by atoms with van der Waals surface area (Å²) in [5.41, 5.74) is 3.60. The van der Waals surface area contributed by atoms with E-state index in [1.165, 1.54) is 11.1 Å². The molecule has 0 spiro atoms. The molecule has 5 rings (SSSR count). The van der Waals surface area contributed by atoms with Crippen LogP contribution in [0.5, 0.6) is 5.75 Å². The lowest BCUT2D eigenvalue weighted by Gasteiger charge is -2.32. The van der Waals surface area contributed by atoms with E-state index in [9.17, 15) is 9.59 Å². The molecule has 1 unspecified atom stereocenters. The largest absolute Gasteiger partial charge is 0.493 e. The van der Waals surface area contributed by atoms with Gasteiger partial charge in [-0.05, 0) is 79.5 Å². The third-order valence-corrected chi connectivity index (χ3v) is 7.24. The van der Waals surface area contributed by atoms with Crippen LogP contribution in [0.4, 0.5) is 11.5 Å². The maximum absolute atomic E-state index is 12.8. The number of rotatable bonds is 7. The minimum atomic E-state index is -0.952. The Hall–Kier alpha value is -3.87. The molecule has 3 aromatic rings. The number of fused-ring (bicyclic) bond motifs is 1. The van der Waals surface area contributed by atoms with Crippen LogP contribution in [0.1, 0.15) is 40.7 Å². The van der Waals surface area contributed by atoms with E-state index in [-0.39, 0.29) is 17.4 Å². The molecule has 1 fully saturated rings. The lowest BCUT2D eigenvalue weighted by atomic mass is 9.83. The van der Waals surface area contributed by atoms with Crippen LogP contribution >= 0.6 is 0 Å². The Balaban J connectivity index is 1.09. The summed E-state index contributed by atoms with van der Waals surface area (Å²) in [4.78, 5) is 30.8. The number of pyridine rings is 1. The SMILES string of the molecule is O=C(O)c1cccc(OCC2CCN(c3ccc(NC(=O)C4CCc5ccccc5C4)cn3)CC2)c1. The van der Waals surface area contributed by atoms with Gasteiger partial charge in [0.05, 0.1) is 24.1 Å². The summed E-state index contributed by atoms with van der Waals surface area (Å²) in [6, 6.07) is 18.9. The van der Waals surface area contributed by atoms with Gasteiger partial charge in [-0.1, -0.05) is 30.3 Å². The molecule has 1 atom stereocenters. The van der Waals surface area contributed by atoms with Gasteiger partial charge in [-0.3, -0.25) is 4.79 Å². The van der Waals surface area contributed by atoms with Gasteiger partial charge < -0.3 is 20.1 Å². The Morgan fingerprint density at radius 3 is 2.56 bits per heavy atom. The molecule has 1 aromatic heterocycles. The Morgan fingerprint density at radius 1 is 1.00 bits per heavy atom. The highest BCUT2D eigenvalue weighted by Crippen LogP contribution is 2.27. The predicted molar refractivity (Wildman–Crippen MR) is 139 cm³/mol. The number of aromatic nitrogens is 1. The molecule has 2 aromatic carbocycles. The standard InChI is InChI=1S/C29H31N3O4/c33-28(23-9-8-21-4-1-2-5-22(21)16-23)31-25-10-11-27(30-18-25)32-14-12-20(13-15-32)19-36-26-7-3-6-24(17-26)29(34)35/h1-7,10-11,17-18,20,23H,8-9,12-16,19H2,(H,31,33)(H,34,35). The first-order valence-corrected chi connectivity index (χ1v) is 12.6. The third kappa shape index (κ3) is 5.67. The molecule has 0 saturated carbocycles. The Labute approximate surface area is 211 Å². The van der Waals surface area contributed by atoms with Gasteiger partial charge in [0.1, 0.15) is 11.6 Å². The number of carbonyl (C=O) groups excluding carboxylic acids is 1. The first-order chi connectivity index (χ1) is 17.5. The van der Waals surface area contributed by atoms with Crippen LogP contribution in [-0.4, -0.2) is 41.7 Å². The molecule has 2 aliphatic rings. The van der Waals surface area contributed by atoms with E-state index in [1.54, 1.807) is 30.5 Å². The second-order valence-electron chi connectivity index (χ2n) is 9.68. The number of aromatic carboxylic acids is 1. The van der Waals surface area contributed by atoms with E-state index in [0.717, 1.165) is 56.7 Å². The van der Waals surface area contributed by atoms with E-state index >= 15 is 0 Å². The number of hydrogen-bond acceptors (Lipinski definition) is 5.